The SMILES string of the molecule is CCCC[C@H]1C(=O)N(C)[C@@H](CCCC)C(=O)N[C@@H](C)C(=O)N[C@H](C(=O)NCC(N)=O)CSCC(=O)NC(Cc2ccc(O)cc2)C(=O)N(C)[C@@H](C)C(=O)N[C@@H](CCN)C(=O)N2CCC[C@H]2C(=O)N[C@@H](Cc2c[nH]cn2)C(=O)N[C@@H](CCC(=O)O)C(=O)N2C[C@H](O)C[C@H]2C(=O)N[C@@H](Cc2c[nH]c3ccccc23)C(=O)N[C@@H](CO)C(=O)N[C@@H](Cc2c[nH]c3ccccc23)C(=O)N1C. The lowest BCUT2D eigenvalue weighted by Crippen LogP contribution is -2.61. The van der Waals surface area contributed by atoms with Crippen molar-refractivity contribution in [1.82, 2.24) is 97.6 Å². The van der Waals surface area contributed by atoms with Crippen LogP contribution in [0.1, 0.15) is 127 Å². The highest BCUT2D eigenvalue weighted by molar-refractivity contribution is 8.00. The average molecular weight is 1830 g/mol. The molecule has 3 aromatic heterocycles. The van der Waals surface area contributed by atoms with Gasteiger partial charge in [-0.15, -0.1) is 11.8 Å². The molecule has 3 aliphatic heterocycles. The molecule has 15 atom stereocenters. The number of nitrogens with zero attached hydrogens (tertiary/aromatic N) is 6. The highest BCUT2D eigenvalue weighted by Crippen LogP contribution is 2.28. The first kappa shape index (κ1) is 101. The summed E-state index contributed by atoms with van der Waals surface area (Å²) in [5.74, 6) is -17.4. The van der Waals surface area contributed by atoms with Crippen LogP contribution in [0.5, 0.6) is 5.75 Å². The number of benzene rings is 3. The number of carbonyl (C=O) groups excluding carboxylic acids is 16. The van der Waals surface area contributed by atoms with Gasteiger partial charge in [0, 0.05) is 119 Å². The Morgan fingerprint density at radius 1 is 0.554 bits per heavy atom. The number of phenols is 1. The molecular formula is C87H119N21O21S. The highest BCUT2D eigenvalue weighted by atomic mass is 32.2. The molecule has 16 amide bonds. The third-order valence-electron chi connectivity index (χ3n) is 23.4. The number of amides is 16. The summed E-state index contributed by atoms with van der Waals surface area (Å²) in [5, 5.41) is 70.1. The number of fused-ring (bicyclic) bond motifs is 4. The number of H-pyrrole nitrogens is 3. The molecule has 0 aliphatic carbocycles. The Kier molecular flexibility index (Phi) is 37.1. The summed E-state index contributed by atoms with van der Waals surface area (Å²) in [7, 11) is 3.95. The minimum atomic E-state index is -1.91. The van der Waals surface area contributed by atoms with Gasteiger partial charge in [-0.3, -0.25) is 81.5 Å². The van der Waals surface area contributed by atoms with E-state index >= 15 is 28.8 Å². The number of phenolic OH excluding ortho intramolecular Hbond substituents is 1. The third-order valence-corrected chi connectivity index (χ3v) is 24.5. The van der Waals surface area contributed by atoms with E-state index in [2.05, 4.69) is 73.1 Å². The summed E-state index contributed by atoms with van der Waals surface area (Å²) in [6.07, 6.45) is 3.10. The van der Waals surface area contributed by atoms with E-state index < -0.39 is 236 Å². The fourth-order valence-corrected chi connectivity index (χ4v) is 16.8. The van der Waals surface area contributed by atoms with Gasteiger partial charge in [-0.1, -0.05) is 88.1 Å². The van der Waals surface area contributed by atoms with Crippen LogP contribution >= 0.6 is 11.8 Å². The van der Waals surface area contributed by atoms with Crippen molar-refractivity contribution in [1.29, 1.82) is 0 Å². The van der Waals surface area contributed by atoms with Crippen LogP contribution in [0, 0.1) is 0 Å². The number of carboxylic acid groups (broad SMARTS) is 1. The van der Waals surface area contributed by atoms with Crippen LogP contribution in [0.2, 0.25) is 0 Å². The molecule has 6 heterocycles. The van der Waals surface area contributed by atoms with E-state index in [4.69, 9.17) is 11.5 Å². The minimum absolute atomic E-state index is 0.00649. The van der Waals surface area contributed by atoms with Crippen LogP contribution < -0.4 is 64.6 Å². The second kappa shape index (κ2) is 47.9. The number of rotatable bonds is 23. The predicted octanol–water partition coefficient (Wildman–Crippen LogP) is -2.88. The number of aromatic hydroxyl groups is 1. The van der Waals surface area contributed by atoms with Crippen molar-refractivity contribution >= 4 is 134 Å². The topological polar surface area (TPSA) is 620 Å². The van der Waals surface area contributed by atoms with E-state index in [1.54, 1.807) is 60.9 Å². The van der Waals surface area contributed by atoms with Gasteiger partial charge in [0.15, 0.2) is 0 Å². The maximum atomic E-state index is 15.6. The number of thioether (sulfide) groups is 1. The standard InChI is InChI=1S/C87H119N21O21S/c1-8-10-21-67-80(122)95-47(3)74(116)103-66(76(118)93-41-71(89)112)44-130-45-72(113)96-63(33-49-24-26-53(110)27-25-49)83(125)104(5)48(4)75(117)97-60(30-31-88)85(127)107-32-16-23-68(107)81(123)100-62(36-52-40-90-46-94-52)78(120)98-59(28-29-73(114)115)86(128)108-42-54(111)37-70(108)82(124)99-61(34-50-38-91-57-19-14-12-17-55(50)57)77(119)102-65(43-109)79(121)101-64(35-51-39-92-58-20-15-13-18-56(51)58)84(126)106(7)69(22-11-9-2)87(129)105(67)6/h12-15,17-20,24-27,38-40,46-48,54,59-70,91-92,109-111H,8-11,16,21-23,28-37,41-45,88H2,1-7H3,(H2,89,112)(H,90,94)(H,93,118)(H,95,122)(H,96,113)(H,97,117)(H,98,120)(H,99,124)(H,100,123)(H,101,121)(H,102,119)(H,103,116)(H,114,115)/t47-,48-,54+,59-,60-,61-,62-,63?,64-,65-,66-,67-,68-,69-,70-/m0/s1. The predicted molar refractivity (Wildman–Crippen MR) is 474 cm³/mol. The van der Waals surface area contributed by atoms with Crippen molar-refractivity contribution in [3.8, 4) is 5.75 Å². The molecule has 3 aliphatic rings. The molecule has 1 unspecified atom stereocenters. The van der Waals surface area contributed by atoms with Gasteiger partial charge in [-0.25, -0.2) is 4.98 Å². The summed E-state index contributed by atoms with van der Waals surface area (Å²) >= 11 is 0.794. The number of nitrogens with two attached hydrogens (primary N) is 2. The number of carbonyl (C=O) groups is 17. The molecule has 9 rings (SSSR count). The number of carboxylic acids is 1. The number of aromatic amines is 3. The first-order valence-corrected chi connectivity index (χ1v) is 44.5. The molecule has 3 fully saturated rings. The number of aliphatic carboxylic acids is 1. The smallest absolute Gasteiger partial charge is 0.303 e. The Morgan fingerprint density at radius 3 is 1.69 bits per heavy atom. The van der Waals surface area contributed by atoms with E-state index in [0.717, 1.165) is 31.4 Å². The summed E-state index contributed by atoms with van der Waals surface area (Å²) < 4.78 is 0. The minimum Gasteiger partial charge on any atom is -0.508 e. The van der Waals surface area contributed by atoms with Gasteiger partial charge < -0.3 is 125 Å². The van der Waals surface area contributed by atoms with Crippen LogP contribution in [0.25, 0.3) is 21.8 Å². The Bertz CT molecular complexity index is 5030. The van der Waals surface area contributed by atoms with Gasteiger partial charge in [-0.05, 0) is 99.9 Å². The second-order valence-electron chi connectivity index (χ2n) is 32.9. The Hall–Kier alpha value is -13.0. The van der Waals surface area contributed by atoms with Crippen molar-refractivity contribution in [2.45, 2.75) is 221 Å². The number of nitrogens with one attached hydrogen (secondary N) is 13. The van der Waals surface area contributed by atoms with E-state index in [9.17, 15) is 73.2 Å². The number of aromatic nitrogens is 4. The fourth-order valence-electron chi connectivity index (χ4n) is 16.0. The summed E-state index contributed by atoms with van der Waals surface area (Å²) in [5.41, 5.74) is 14.3. The number of imidazole rings is 1. The molecule has 130 heavy (non-hydrogen) atoms. The van der Waals surface area contributed by atoms with E-state index in [1.807, 2.05) is 13.8 Å². The number of aliphatic hydroxyl groups is 2. The number of hydrogen-bond acceptors (Lipinski definition) is 23. The van der Waals surface area contributed by atoms with Crippen LogP contribution in [-0.2, 0) is 107 Å². The Balaban J connectivity index is 1.08. The molecule has 0 spiro atoms. The lowest BCUT2D eigenvalue weighted by Gasteiger charge is -2.36. The van der Waals surface area contributed by atoms with Crippen molar-refractivity contribution in [2.24, 2.45) is 11.5 Å². The lowest BCUT2D eigenvalue weighted by molar-refractivity contribution is -0.149. The molecule has 3 aromatic carbocycles. The molecule has 704 valence electrons. The van der Waals surface area contributed by atoms with Crippen LogP contribution in [-0.4, -0.2) is 321 Å². The van der Waals surface area contributed by atoms with Gasteiger partial charge in [0.05, 0.1) is 37.0 Å². The first-order chi connectivity index (χ1) is 62.0. The zero-order chi connectivity index (χ0) is 94.7. The van der Waals surface area contributed by atoms with Crippen molar-refractivity contribution in [2.75, 3.05) is 65.4 Å². The first-order valence-electron chi connectivity index (χ1n) is 43.4. The monoisotopic (exact) mass is 1830 g/mol. The number of para-hydroxylation sites is 2. The van der Waals surface area contributed by atoms with Gasteiger partial charge >= 0.3 is 5.97 Å². The molecule has 43 heteroatoms. The van der Waals surface area contributed by atoms with E-state index in [1.165, 1.54) is 76.7 Å². The van der Waals surface area contributed by atoms with Crippen LogP contribution in [0.3, 0.4) is 0 Å². The summed E-state index contributed by atoms with van der Waals surface area (Å²) in [6.45, 7) is 3.68. The average Bonchev–Trinajstić information content (AvgIpc) is 1.42. The number of hydrogen-bond donors (Lipinski definition) is 19. The summed E-state index contributed by atoms with van der Waals surface area (Å²) in [6, 6.07) is -2.06. The molecule has 0 saturated carbocycles. The molecule has 0 radical (unpaired) electrons. The number of likely N-dealkylation sites (N-methyl/N-ethyl adjacent to an activating group) is 3. The van der Waals surface area contributed by atoms with Crippen molar-refractivity contribution < 1.29 is 102 Å². The normalized spacial score (nSPS) is 25.3. The van der Waals surface area contributed by atoms with Gasteiger partial charge in [0.25, 0.3) is 0 Å². The van der Waals surface area contributed by atoms with Gasteiger partial charge in [0.2, 0.25) is 94.5 Å². The van der Waals surface area contributed by atoms with Crippen LogP contribution in [0.15, 0.2) is 97.7 Å². The van der Waals surface area contributed by atoms with E-state index in [-0.39, 0.29) is 88.1 Å². The lowest BCUT2D eigenvalue weighted by atomic mass is 10.00. The quantitative estimate of drug-likeness (QED) is 0.0306. The maximum absolute atomic E-state index is 15.6. The molecule has 3 saturated heterocycles. The molecule has 6 aromatic rings. The molecule has 0 bridgehead atoms. The third kappa shape index (κ3) is 27.0. The van der Waals surface area contributed by atoms with E-state index in [0.29, 0.717) is 64.2 Å². The molecular weight excluding hydrogens is 1710 g/mol. The molecule has 42 nitrogen and oxygen atoms in total. The van der Waals surface area contributed by atoms with Gasteiger partial charge in [0.1, 0.15) is 90.3 Å². The maximum Gasteiger partial charge on any atom is 0.303 e. The number of aliphatic hydroxyl groups excluding tert-OH is 2. The summed E-state index contributed by atoms with van der Waals surface area (Å²) in [4.78, 5) is 266. The Morgan fingerprint density at radius 2 is 1.09 bits per heavy atom. The number of primary amides is 1. The zero-order valence-electron chi connectivity index (χ0n) is 73.6. The highest BCUT2D eigenvalue weighted by Gasteiger charge is 2.46. The van der Waals surface area contributed by atoms with Crippen LogP contribution in [0.4, 0.5) is 0 Å². The Labute approximate surface area is 753 Å². The number of unbranched alkanes of at least 4 members (excludes halogenated alkanes) is 2. The molecule has 21 N–H and O–H groups in total. The fraction of sp³-hybridized carbons (Fsp3) is 0.517. The van der Waals surface area contributed by atoms with Crippen molar-refractivity contribution in [3.05, 3.63) is 120 Å². The zero-order valence-corrected chi connectivity index (χ0v) is 74.5. The largest absolute Gasteiger partial charge is 0.508 e. The van der Waals surface area contributed by atoms with Crippen molar-refractivity contribution in [3.63, 3.8) is 0 Å². The second-order valence-corrected chi connectivity index (χ2v) is 33.9. The van der Waals surface area contributed by atoms with Gasteiger partial charge in [-0.2, -0.15) is 0 Å².